The Balaban J connectivity index is 2.05. The number of amides is 1. The lowest BCUT2D eigenvalue weighted by atomic mass is 10.1. The predicted molar refractivity (Wildman–Crippen MR) is 76.8 cm³/mol. The first-order chi connectivity index (χ1) is 9.17. The fourth-order valence-corrected chi connectivity index (χ4v) is 1.96. The topological polar surface area (TPSA) is 38.3 Å². The summed E-state index contributed by atoms with van der Waals surface area (Å²) in [6.07, 6.45) is 0.329. The molecule has 0 aliphatic heterocycles. The summed E-state index contributed by atoms with van der Waals surface area (Å²) in [5, 5.41) is 3.33. The van der Waals surface area contributed by atoms with Gasteiger partial charge in [-0.15, -0.1) is 0 Å². The van der Waals surface area contributed by atoms with Crippen molar-refractivity contribution in [1.29, 1.82) is 0 Å². The molecule has 0 bridgehead atoms. The van der Waals surface area contributed by atoms with Crippen LogP contribution in [0.15, 0.2) is 48.5 Å². The van der Waals surface area contributed by atoms with Crippen LogP contribution in [0.2, 0.25) is 5.02 Å². The van der Waals surface area contributed by atoms with Crippen LogP contribution in [0.25, 0.3) is 0 Å². The van der Waals surface area contributed by atoms with Crippen molar-refractivity contribution < 1.29 is 9.53 Å². The number of hydrogen-bond acceptors (Lipinski definition) is 2. The van der Waals surface area contributed by atoms with Crippen LogP contribution in [0, 0.1) is 0 Å². The molecule has 0 fully saturated rings. The quantitative estimate of drug-likeness (QED) is 0.927. The van der Waals surface area contributed by atoms with E-state index in [-0.39, 0.29) is 5.91 Å². The number of ether oxygens (including phenoxy) is 1. The van der Waals surface area contributed by atoms with E-state index in [1.54, 1.807) is 25.3 Å². The molecular weight excluding hydrogens is 262 g/mol. The second-order valence-corrected chi connectivity index (χ2v) is 4.53. The van der Waals surface area contributed by atoms with Gasteiger partial charge in [0, 0.05) is 16.8 Å². The SMILES string of the molecule is COc1cc(Cl)cc(NC(=O)Cc2ccccc2)c1. The zero-order valence-corrected chi connectivity index (χ0v) is 11.3. The Labute approximate surface area is 117 Å². The van der Waals surface area contributed by atoms with Crippen molar-refractivity contribution in [2.24, 2.45) is 0 Å². The number of methoxy groups -OCH3 is 1. The molecular formula is C15H14ClNO2. The first-order valence-corrected chi connectivity index (χ1v) is 6.23. The highest BCUT2D eigenvalue weighted by Gasteiger charge is 2.06. The van der Waals surface area contributed by atoms with E-state index in [1.165, 1.54) is 0 Å². The van der Waals surface area contributed by atoms with E-state index in [0.717, 1.165) is 5.56 Å². The second kappa shape index (κ2) is 6.25. The maximum Gasteiger partial charge on any atom is 0.228 e. The Kier molecular flexibility index (Phi) is 4.42. The first kappa shape index (κ1) is 13.4. The van der Waals surface area contributed by atoms with Crippen molar-refractivity contribution in [3.63, 3.8) is 0 Å². The number of anilines is 1. The molecule has 0 aromatic heterocycles. The zero-order valence-electron chi connectivity index (χ0n) is 10.5. The number of carbonyl (C=O) groups excluding carboxylic acids is 1. The monoisotopic (exact) mass is 275 g/mol. The molecule has 0 unspecified atom stereocenters. The van der Waals surface area contributed by atoms with Crippen molar-refractivity contribution in [2.45, 2.75) is 6.42 Å². The van der Waals surface area contributed by atoms with Gasteiger partial charge < -0.3 is 10.1 Å². The van der Waals surface area contributed by atoms with E-state index < -0.39 is 0 Å². The zero-order chi connectivity index (χ0) is 13.7. The van der Waals surface area contributed by atoms with Crippen LogP contribution in [-0.4, -0.2) is 13.0 Å². The molecule has 2 rings (SSSR count). The van der Waals surface area contributed by atoms with Crippen LogP contribution in [0.1, 0.15) is 5.56 Å². The minimum Gasteiger partial charge on any atom is -0.497 e. The summed E-state index contributed by atoms with van der Waals surface area (Å²) in [6, 6.07) is 14.7. The third-order valence-corrected chi connectivity index (χ3v) is 2.82. The van der Waals surface area contributed by atoms with Gasteiger partial charge in [-0.2, -0.15) is 0 Å². The summed E-state index contributed by atoms with van der Waals surface area (Å²) in [7, 11) is 1.56. The van der Waals surface area contributed by atoms with Gasteiger partial charge in [0.05, 0.1) is 13.5 Å². The van der Waals surface area contributed by atoms with Crippen molar-refractivity contribution in [2.75, 3.05) is 12.4 Å². The summed E-state index contributed by atoms with van der Waals surface area (Å²) in [4.78, 5) is 11.9. The van der Waals surface area contributed by atoms with Gasteiger partial charge in [-0.25, -0.2) is 0 Å². The first-order valence-electron chi connectivity index (χ1n) is 5.86. The number of rotatable bonds is 4. The van der Waals surface area contributed by atoms with Crippen LogP contribution < -0.4 is 10.1 Å². The van der Waals surface area contributed by atoms with E-state index in [4.69, 9.17) is 16.3 Å². The Morgan fingerprint density at radius 2 is 1.95 bits per heavy atom. The molecule has 0 spiro atoms. The van der Waals surface area contributed by atoms with E-state index >= 15 is 0 Å². The number of nitrogens with one attached hydrogen (secondary N) is 1. The van der Waals surface area contributed by atoms with Gasteiger partial charge in [-0.05, 0) is 17.7 Å². The Hall–Kier alpha value is -2.00. The lowest BCUT2D eigenvalue weighted by molar-refractivity contribution is -0.115. The minimum absolute atomic E-state index is 0.0875. The fourth-order valence-electron chi connectivity index (χ4n) is 1.74. The second-order valence-electron chi connectivity index (χ2n) is 4.09. The molecule has 4 heteroatoms. The number of hydrogen-bond donors (Lipinski definition) is 1. The van der Waals surface area contributed by atoms with Crippen LogP contribution in [-0.2, 0) is 11.2 Å². The van der Waals surface area contributed by atoms with Crippen molar-refractivity contribution >= 4 is 23.2 Å². The Bertz CT molecular complexity index is 570. The van der Waals surface area contributed by atoms with Crippen molar-refractivity contribution in [3.05, 3.63) is 59.1 Å². The van der Waals surface area contributed by atoms with E-state index in [9.17, 15) is 4.79 Å². The average Bonchev–Trinajstić information content (AvgIpc) is 2.38. The summed E-state index contributed by atoms with van der Waals surface area (Å²) in [5.41, 5.74) is 1.60. The molecule has 98 valence electrons. The summed E-state index contributed by atoms with van der Waals surface area (Å²) in [5.74, 6) is 0.526. The fraction of sp³-hybridized carbons (Fsp3) is 0.133. The molecule has 19 heavy (non-hydrogen) atoms. The molecule has 3 nitrogen and oxygen atoms in total. The number of halogens is 1. The number of carbonyl (C=O) groups is 1. The molecule has 2 aromatic carbocycles. The lowest BCUT2D eigenvalue weighted by Gasteiger charge is -2.08. The van der Waals surface area contributed by atoms with E-state index in [1.807, 2.05) is 30.3 Å². The maximum atomic E-state index is 11.9. The number of benzene rings is 2. The minimum atomic E-state index is -0.0875. The predicted octanol–water partition coefficient (Wildman–Crippen LogP) is 3.53. The standard InChI is InChI=1S/C15H14ClNO2/c1-19-14-9-12(16)8-13(10-14)17-15(18)7-11-5-3-2-4-6-11/h2-6,8-10H,7H2,1H3,(H,17,18). The molecule has 2 aromatic rings. The van der Waals surface area contributed by atoms with Gasteiger partial charge in [0.2, 0.25) is 5.91 Å². The van der Waals surface area contributed by atoms with Crippen LogP contribution in [0.3, 0.4) is 0 Å². The lowest BCUT2D eigenvalue weighted by Crippen LogP contribution is -2.14. The highest BCUT2D eigenvalue weighted by molar-refractivity contribution is 6.31. The molecule has 1 N–H and O–H groups in total. The molecule has 0 saturated heterocycles. The Morgan fingerprint density at radius 3 is 2.63 bits per heavy atom. The maximum absolute atomic E-state index is 11.9. The molecule has 0 aliphatic rings. The van der Waals surface area contributed by atoms with E-state index in [2.05, 4.69) is 5.32 Å². The average molecular weight is 276 g/mol. The molecule has 0 heterocycles. The normalized spacial score (nSPS) is 10.0. The third-order valence-electron chi connectivity index (χ3n) is 2.60. The third kappa shape index (κ3) is 4.00. The molecule has 1 amide bonds. The van der Waals surface area contributed by atoms with Crippen molar-refractivity contribution in [3.8, 4) is 5.75 Å². The largest absolute Gasteiger partial charge is 0.497 e. The van der Waals surface area contributed by atoms with Gasteiger partial charge in [0.25, 0.3) is 0 Å². The molecule has 0 atom stereocenters. The van der Waals surface area contributed by atoms with Crippen LogP contribution in [0.4, 0.5) is 5.69 Å². The summed E-state index contributed by atoms with van der Waals surface area (Å²) >= 11 is 5.94. The highest BCUT2D eigenvalue weighted by Crippen LogP contribution is 2.24. The van der Waals surface area contributed by atoms with Gasteiger partial charge in [0.1, 0.15) is 5.75 Å². The molecule has 0 radical (unpaired) electrons. The summed E-state index contributed by atoms with van der Waals surface area (Å²) in [6.45, 7) is 0. The van der Waals surface area contributed by atoms with Gasteiger partial charge in [-0.1, -0.05) is 41.9 Å². The van der Waals surface area contributed by atoms with Gasteiger partial charge >= 0.3 is 0 Å². The smallest absolute Gasteiger partial charge is 0.228 e. The van der Waals surface area contributed by atoms with Gasteiger partial charge in [-0.3, -0.25) is 4.79 Å². The van der Waals surface area contributed by atoms with E-state index in [0.29, 0.717) is 22.9 Å². The highest BCUT2D eigenvalue weighted by atomic mass is 35.5. The summed E-state index contributed by atoms with van der Waals surface area (Å²) < 4.78 is 5.10. The Morgan fingerprint density at radius 1 is 1.21 bits per heavy atom. The molecule has 0 aliphatic carbocycles. The van der Waals surface area contributed by atoms with Gasteiger partial charge in [0.15, 0.2) is 0 Å². The van der Waals surface area contributed by atoms with Crippen molar-refractivity contribution in [1.82, 2.24) is 0 Å². The van der Waals surface area contributed by atoms with Crippen LogP contribution >= 0.6 is 11.6 Å². The molecule has 0 saturated carbocycles. The van der Waals surface area contributed by atoms with Crippen LogP contribution in [0.5, 0.6) is 5.75 Å².